The molecule has 1 fully saturated rings. The molecule has 32 heavy (non-hydrogen) atoms. The normalized spacial score (nSPS) is 23.1. The highest BCUT2D eigenvalue weighted by atomic mass is 32.2. The number of aliphatic hydroxyl groups excluding tert-OH is 2. The molecule has 0 bridgehead atoms. The van der Waals surface area contributed by atoms with Crippen LogP contribution in [0.4, 0.5) is 0 Å². The maximum Gasteiger partial charge on any atom is 0.354 e. The Morgan fingerprint density at radius 1 is 1.06 bits per heavy atom. The van der Waals surface area contributed by atoms with E-state index in [9.17, 15) is 19.8 Å². The molecule has 1 amide bonds. The molecule has 1 aliphatic rings. The fourth-order valence-corrected chi connectivity index (χ4v) is 4.75. The van der Waals surface area contributed by atoms with Gasteiger partial charge >= 0.3 is 5.97 Å². The third-order valence-corrected chi connectivity index (χ3v) is 6.36. The van der Waals surface area contributed by atoms with Crippen molar-refractivity contribution in [2.24, 2.45) is 0 Å². The Morgan fingerprint density at radius 3 is 2.25 bits per heavy atom. The van der Waals surface area contributed by atoms with Crippen LogP contribution in [0.2, 0.25) is 0 Å². The molecule has 8 heteroatoms. The van der Waals surface area contributed by atoms with Gasteiger partial charge in [-0.15, -0.1) is 11.8 Å². The second-order valence-corrected chi connectivity index (χ2v) is 8.36. The zero-order valence-electron chi connectivity index (χ0n) is 17.8. The van der Waals surface area contributed by atoms with Gasteiger partial charge in [-0.2, -0.15) is 0 Å². The number of amides is 1. The zero-order chi connectivity index (χ0) is 23.1. The number of esters is 1. The zero-order valence-corrected chi connectivity index (χ0v) is 18.6. The molecule has 0 aromatic heterocycles. The van der Waals surface area contributed by atoms with E-state index in [0.717, 1.165) is 16.0 Å². The van der Waals surface area contributed by atoms with Crippen molar-refractivity contribution in [2.75, 3.05) is 6.61 Å². The van der Waals surface area contributed by atoms with Crippen molar-refractivity contribution in [3.63, 3.8) is 0 Å². The third kappa shape index (κ3) is 5.58. The number of thioether (sulfide) groups is 1. The van der Waals surface area contributed by atoms with Gasteiger partial charge < -0.3 is 19.7 Å². The molecule has 0 unspecified atom stereocenters. The van der Waals surface area contributed by atoms with Crippen LogP contribution in [0.15, 0.2) is 72.9 Å². The first-order valence-corrected chi connectivity index (χ1v) is 11.3. The number of carbonyl (C=O) groups is 2. The minimum atomic E-state index is -1.75. The third-order valence-electron chi connectivity index (χ3n) is 5.04. The van der Waals surface area contributed by atoms with Crippen LogP contribution in [-0.4, -0.2) is 57.3 Å². The number of ether oxygens (including phenoxy) is 2. The molecule has 1 saturated heterocycles. The van der Waals surface area contributed by atoms with Crippen molar-refractivity contribution in [1.82, 2.24) is 4.90 Å². The number of hydrogen-bond acceptors (Lipinski definition) is 7. The Hall–Kier alpha value is -2.65. The lowest BCUT2D eigenvalue weighted by Gasteiger charge is -2.44. The van der Waals surface area contributed by atoms with Crippen molar-refractivity contribution >= 4 is 23.6 Å². The SMILES string of the molecule is C=C(C(=O)OCC)N1C(=O)[C@@H](O)[C@@H](O)[C@H](OCc2ccccc2)[C@@H]1SCc1ccccc1. The van der Waals surface area contributed by atoms with Crippen molar-refractivity contribution < 1.29 is 29.3 Å². The van der Waals surface area contributed by atoms with E-state index >= 15 is 0 Å². The molecule has 4 atom stereocenters. The standard InChI is InChI=1S/C24H27NO6S/c1-3-30-24(29)16(2)25-22(28)20(27)19(26)21(31-14-17-10-6-4-7-11-17)23(25)32-15-18-12-8-5-9-13-18/h4-13,19-21,23,26-27H,2-3,14-15H2,1H3/t19-,20+,21+,23+/m1/s1. The summed E-state index contributed by atoms with van der Waals surface area (Å²) >= 11 is 1.32. The minimum Gasteiger partial charge on any atom is -0.461 e. The van der Waals surface area contributed by atoms with Gasteiger partial charge in [0.05, 0.1) is 13.2 Å². The molecule has 7 nitrogen and oxygen atoms in total. The van der Waals surface area contributed by atoms with Gasteiger partial charge in [-0.05, 0) is 18.1 Å². The number of aliphatic hydroxyl groups is 2. The van der Waals surface area contributed by atoms with Crippen LogP contribution in [0.3, 0.4) is 0 Å². The van der Waals surface area contributed by atoms with Gasteiger partial charge in [0.1, 0.15) is 23.3 Å². The number of nitrogens with zero attached hydrogens (tertiary/aromatic N) is 1. The van der Waals surface area contributed by atoms with Gasteiger partial charge in [-0.1, -0.05) is 67.2 Å². The van der Waals surface area contributed by atoms with Crippen molar-refractivity contribution in [1.29, 1.82) is 0 Å². The van der Waals surface area contributed by atoms with Crippen LogP contribution >= 0.6 is 11.8 Å². The van der Waals surface area contributed by atoms with E-state index in [4.69, 9.17) is 9.47 Å². The highest BCUT2D eigenvalue weighted by Crippen LogP contribution is 2.35. The summed E-state index contributed by atoms with van der Waals surface area (Å²) in [6, 6.07) is 18.9. The first kappa shape index (κ1) is 24.0. The van der Waals surface area contributed by atoms with Crippen LogP contribution in [0.1, 0.15) is 18.1 Å². The highest BCUT2D eigenvalue weighted by Gasteiger charge is 2.50. The summed E-state index contributed by atoms with van der Waals surface area (Å²) in [6.07, 6.45) is -4.19. The Morgan fingerprint density at radius 2 is 1.66 bits per heavy atom. The van der Waals surface area contributed by atoms with Gasteiger partial charge in [0, 0.05) is 5.75 Å². The molecule has 0 radical (unpaired) electrons. The van der Waals surface area contributed by atoms with Gasteiger partial charge in [0.2, 0.25) is 0 Å². The summed E-state index contributed by atoms with van der Waals surface area (Å²) in [5, 5.41) is 20.3. The van der Waals surface area contributed by atoms with Crippen LogP contribution in [-0.2, 0) is 31.4 Å². The van der Waals surface area contributed by atoms with E-state index in [0.29, 0.717) is 5.75 Å². The monoisotopic (exact) mass is 457 g/mol. The molecule has 1 aliphatic heterocycles. The van der Waals surface area contributed by atoms with Crippen LogP contribution in [0.25, 0.3) is 0 Å². The second kappa shape index (κ2) is 11.3. The number of benzene rings is 2. The lowest BCUT2D eigenvalue weighted by Crippen LogP contribution is -2.64. The predicted octanol–water partition coefficient (Wildman–Crippen LogP) is 2.47. The summed E-state index contributed by atoms with van der Waals surface area (Å²) in [7, 11) is 0. The number of carbonyl (C=O) groups excluding carboxylic acids is 2. The summed E-state index contributed by atoms with van der Waals surface area (Å²) in [4.78, 5) is 26.4. The first-order chi connectivity index (χ1) is 15.4. The van der Waals surface area contributed by atoms with E-state index in [1.165, 1.54) is 11.8 Å². The number of piperidine rings is 1. The van der Waals surface area contributed by atoms with Gasteiger partial charge in [-0.25, -0.2) is 4.79 Å². The fraction of sp³-hybridized carbons (Fsp3) is 0.333. The molecule has 0 saturated carbocycles. The largest absolute Gasteiger partial charge is 0.461 e. The van der Waals surface area contributed by atoms with Gasteiger partial charge in [-0.3, -0.25) is 9.69 Å². The van der Waals surface area contributed by atoms with Crippen molar-refractivity contribution in [3.8, 4) is 0 Å². The molecule has 170 valence electrons. The summed E-state index contributed by atoms with van der Waals surface area (Å²) in [5.41, 5.74) is 1.66. The van der Waals surface area contributed by atoms with Gasteiger partial charge in [0.15, 0.2) is 6.10 Å². The van der Waals surface area contributed by atoms with E-state index < -0.39 is 35.6 Å². The molecule has 3 rings (SSSR count). The lowest BCUT2D eigenvalue weighted by atomic mass is 9.99. The highest BCUT2D eigenvalue weighted by molar-refractivity contribution is 7.99. The van der Waals surface area contributed by atoms with E-state index in [-0.39, 0.29) is 18.9 Å². The molecular weight excluding hydrogens is 430 g/mol. The van der Waals surface area contributed by atoms with Crippen LogP contribution in [0, 0.1) is 0 Å². The number of rotatable bonds is 9. The van der Waals surface area contributed by atoms with E-state index in [2.05, 4.69) is 6.58 Å². The smallest absolute Gasteiger partial charge is 0.354 e. The Labute approximate surface area is 191 Å². The first-order valence-electron chi connectivity index (χ1n) is 10.3. The molecule has 0 spiro atoms. The molecule has 2 aromatic rings. The number of likely N-dealkylation sites (tertiary alicyclic amines) is 1. The molecule has 1 heterocycles. The van der Waals surface area contributed by atoms with Crippen LogP contribution < -0.4 is 0 Å². The second-order valence-electron chi connectivity index (χ2n) is 7.26. The fourth-order valence-electron chi connectivity index (χ4n) is 3.38. The quantitative estimate of drug-likeness (QED) is 0.441. The van der Waals surface area contributed by atoms with Gasteiger partial charge in [0.25, 0.3) is 5.91 Å². The number of hydrogen-bond donors (Lipinski definition) is 2. The van der Waals surface area contributed by atoms with Crippen molar-refractivity contribution in [2.45, 2.75) is 43.0 Å². The van der Waals surface area contributed by atoms with E-state index in [1.807, 2.05) is 60.7 Å². The average molecular weight is 458 g/mol. The molecule has 2 N–H and O–H groups in total. The molecule has 0 aliphatic carbocycles. The maximum absolute atomic E-state index is 12.9. The minimum absolute atomic E-state index is 0.112. The Bertz CT molecular complexity index is 923. The summed E-state index contributed by atoms with van der Waals surface area (Å²) in [6.45, 7) is 5.65. The predicted molar refractivity (Wildman–Crippen MR) is 121 cm³/mol. The van der Waals surface area contributed by atoms with E-state index in [1.54, 1.807) is 6.92 Å². The Balaban J connectivity index is 1.89. The topological polar surface area (TPSA) is 96.3 Å². The van der Waals surface area contributed by atoms with Crippen LogP contribution in [0.5, 0.6) is 0 Å². The lowest BCUT2D eigenvalue weighted by molar-refractivity contribution is -0.175. The summed E-state index contributed by atoms with van der Waals surface area (Å²) in [5.74, 6) is -1.10. The average Bonchev–Trinajstić information content (AvgIpc) is 2.82. The molecule has 2 aromatic carbocycles. The maximum atomic E-state index is 12.9. The Kier molecular flexibility index (Phi) is 8.46. The molecular formula is C24H27NO6S. The van der Waals surface area contributed by atoms with Crippen molar-refractivity contribution in [3.05, 3.63) is 84.1 Å². The summed E-state index contributed by atoms with van der Waals surface area (Å²) < 4.78 is 11.0.